The average molecular weight is 461 g/mol. The third-order valence-corrected chi connectivity index (χ3v) is 5.77. The lowest BCUT2D eigenvalue weighted by Gasteiger charge is -2.30. The smallest absolute Gasteiger partial charge is 0.243 e. The van der Waals surface area contributed by atoms with Crippen LogP contribution >= 0.6 is 0 Å². The van der Waals surface area contributed by atoms with Crippen LogP contribution in [0.1, 0.15) is 23.6 Å². The molecule has 0 aromatic heterocycles. The summed E-state index contributed by atoms with van der Waals surface area (Å²) in [4.78, 5) is 27.7. The van der Waals surface area contributed by atoms with Crippen LogP contribution in [0.3, 0.4) is 0 Å². The van der Waals surface area contributed by atoms with Gasteiger partial charge in [0.2, 0.25) is 18.6 Å². The molecule has 2 amide bonds. The summed E-state index contributed by atoms with van der Waals surface area (Å²) < 4.78 is 16.0. The summed E-state index contributed by atoms with van der Waals surface area (Å²) in [7, 11) is 1.61. The Labute approximate surface area is 199 Å². The first-order valence-electron chi connectivity index (χ1n) is 11.1. The lowest BCUT2D eigenvalue weighted by atomic mass is 10.0. The van der Waals surface area contributed by atoms with Crippen molar-refractivity contribution in [3.63, 3.8) is 0 Å². The van der Waals surface area contributed by atoms with Gasteiger partial charge in [0.1, 0.15) is 11.8 Å². The van der Waals surface area contributed by atoms with E-state index in [1.165, 1.54) is 6.92 Å². The zero-order chi connectivity index (χ0) is 23.9. The molecule has 1 N–H and O–H groups in total. The fourth-order valence-corrected chi connectivity index (χ4v) is 3.91. The van der Waals surface area contributed by atoms with Gasteiger partial charge in [0.05, 0.1) is 7.11 Å². The number of carbonyl (C=O) groups excluding carboxylic acids is 2. The number of carbonyl (C=O) groups is 2. The Bertz CT molecular complexity index is 1130. The van der Waals surface area contributed by atoms with E-state index in [1.807, 2.05) is 72.8 Å². The highest BCUT2D eigenvalue weighted by atomic mass is 16.7. The van der Waals surface area contributed by atoms with E-state index in [9.17, 15) is 9.59 Å². The molecule has 4 rings (SSSR count). The van der Waals surface area contributed by atoms with Crippen LogP contribution in [0.2, 0.25) is 0 Å². The summed E-state index contributed by atoms with van der Waals surface area (Å²) in [6.07, 6.45) is 0.406. The van der Waals surface area contributed by atoms with Crippen molar-refractivity contribution in [3.05, 3.63) is 89.5 Å². The summed E-state index contributed by atoms with van der Waals surface area (Å²) in [5, 5.41) is 3.00. The Hall–Kier alpha value is -4.00. The van der Waals surface area contributed by atoms with Gasteiger partial charge < -0.3 is 24.4 Å². The maximum absolute atomic E-state index is 13.4. The number of fused-ring (bicyclic) bond motifs is 1. The van der Waals surface area contributed by atoms with Crippen LogP contribution in [0.15, 0.2) is 72.8 Å². The molecule has 7 nitrogen and oxygen atoms in total. The predicted molar refractivity (Wildman–Crippen MR) is 128 cm³/mol. The average Bonchev–Trinajstić information content (AvgIpc) is 3.33. The SMILES string of the molecule is COc1ccc(CN(C(C)=O)[C@@H](Cc2ccccc2)C(=O)NCc2ccc3c(c2)OCO3)cc1. The van der Waals surface area contributed by atoms with Gasteiger partial charge in [-0.05, 0) is 41.0 Å². The molecule has 176 valence electrons. The van der Waals surface area contributed by atoms with Crippen LogP contribution in [-0.4, -0.2) is 36.7 Å². The zero-order valence-electron chi connectivity index (χ0n) is 19.3. The van der Waals surface area contributed by atoms with Crippen molar-refractivity contribution in [1.29, 1.82) is 0 Å². The van der Waals surface area contributed by atoms with Crippen LogP contribution in [0.5, 0.6) is 17.2 Å². The molecule has 1 atom stereocenters. The number of hydrogen-bond acceptors (Lipinski definition) is 5. The number of hydrogen-bond donors (Lipinski definition) is 1. The minimum absolute atomic E-state index is 0.171. The van der Waals surface area contributed by atoms with E-state index in [0.717, 1.165) is 22.4 Å². The van der Waals surface area contributed by atoms with E-state index in [-0.39, 0.29) is 18.6 Å². The second-order valence-corrected chi connectivity index (χ2v) is 8.11. The van der Waals surface area contributed by atoms with E-state index in [0.29, 0.717) is 31.0 Å². The fourth-order valence-electron chi connectivity index (χ4n) is 3.91. The molecule has 3 aromatic rings. The van der Waals surface area contributed by atoms with Gasteiger partial charge in [-0.3, -0.25) is 9.59 Å². The first-order valence-corrected chi connectivity index (χ1v) is 11.1. The van der Waals surface area contributed by atoms with Gasteiger partial charge in [-0.1, -0.05) is 48.5 Å². The summed E-state index contributed by atoms with van der Waals surface area (Å²) in [6, 6.07) is 22.1. The summed E-state index contributed by atoms with van der Waals surface area (Å²) in [6.45, 7) is 2.32. The van der Waals surface area contributed by atoms with Gasteiger partial charge in [-0.25, -0.2) is 0 Å². The maximum atomic E-state index is 13.4. The molecule has 0 bridgehead atoms. The zero-order valence-corrected chi connectivity index (χ0v) is 19.3. The Morgan fingerprint density at radius 2 is 1.65 bits per heavy atom. The van der Waals surface area contributed by atoms with Crippen molar-refractivity contribution in [2.75, 3.05) is 13.9 Å². The predicted octanol–water partition coefficient (Wildman–Crippen LogP) is 3.70. The number of nitrogens with one attached hydrogen (secondary N) is 1. The molecule has 0 fully saturated rings. The number of amides is 2. The third-order valence-electron chi connectivity index (χ3n) is 5.77. The van der Waals surface area contributed by atoms with Gasteiger partial charge >= 0.3 is 0 Å². The van der Waals surface area contributed by atoms with Crippen molar-refractivity contribution in [1.82, 2.24) is 10.2 Å². The first kappa shape index (κ1) is 23.2. The molecule has 7 heteroatoms. The third kappa shape index (κ3) is 5.67. The number of nitrogens with zero attached hydrogens (tertiary/aromatic N) is 1. The molecule has 0 saturated carbocycles. The van der Waals surface area contributed by atoms with Gasteiger partial charge in [0.15, 0.2) is 11.5 Å². The normalized spacial score (nSPS) is 12.6. The number of rotatable bonds is 9. The number of ether oxygens (including phenoxy) is 3. The maximum Gasteiger partial charge on any atom is 0.243 e. The topological polar surface area (TPSA) is 77.1 Å². The van der Waals surface area contributed by atoms with Crippen molar-refractivity contribution in [2.24, 2.45) is 0 Å². The Kier molecular flexibility index (Phi) is 7.32. The summed E-state index contributed by atoms with van der Waals surface area (Å²) in [5.41, 5.74) is 2.78. The lowest BCUT2D eigenvalue weighted by molar-refractivity contribution is -0.139. The van der Waals surface area contributed by atoms with Gasteiger partial charge in [-0.15, -0.1) is 0 Å². The molecule has 0 radical (unpaired) electrons. The second kappa shape index (κ2) is 10.7. The van der Waals surface area contributed by atoms with Crippen LogP contribution < -0.4 is 19.5 Å². The van der Waals surface area contributed by atoms with E-state index in [4.69, 9.17) is 14.2 Å². The highest BCUT2D eigenvalue weighted by Gasteiger charge is 2.28. The molecule has 3 aromatic carbocycles. The van der Waals surface area contributed by atoms with Gasteiger partial charge in [0.25, 0.3) is 0 Å². The van der Waals surface area contributed by atoms with E-state index < -0.39 is 6.04 Å². The molecular formula is C27H28N2O5. The van der Waals surface area contributed by atoms with Crippen LogP contribution in [0.25, 0.3) is 0 Å². The Morgan fingerprint density at radius 1 is 0.941 bits per heavy atom. The Morgan fingerprint density at radius 3 is 2.35 bits per heavy atom. The molecular weight excluding hydrogens is 432 g/mol. The molecule has 0 spiro atoms. The molecule has 0 unspecified atom stereocenters. The highest BCUT2D eigenvalue weighted by molar-refractivity contribution is 5.87. The van der Waals surface area contributed by atoms with E-state index in [1.54, 1.807) is 12.0 Å². The van der Waals surface area contributed by atoms with Crippen molar-refractivity contribution in [2.45, 2.75) is 32.5 Å². The molecule has 34 heavy (non-hydrogen) atoms. The monoisotopic (exact) mass is 460 g/mol. The van der Waals surface area contributed by atoms with Gasteiger partial charge in [0, 0.05) is 26.4 Å². The van der Waals surface area contributed by atoms with Gasteiger partial charge in [-0.2, -0.15) is 0 Å². The standard InChI is InChI=1S/C27H28N2O5/c1-19(30)29(17-21-8-11-23(32-2)12-9-21)24(14-20-6-4-3-5-7-20)27(31)28-16-22-10-13-25-26(15-22)34-18-33-25/h3-13,15,24H,14,16-18H2,1-2H3,(H,28,31)/t24-/m0/s1. The summed E-state index contributed by atoms with van der Waals surface area (Å²) >= 11 is 0. The minimum Gasteiger partial charge on any atom is -0.497 e. The van der Waals surface area contributed by atoms with E-state index in [2.05, 4.69) is 5.32 Å². The number of benzene rings is 3. The van der Waals surface area contributed by atoms with Crippen LogP contribution in [-0.2, 0) is 29.1 Å². The summed E-state index contributed by atoms with van der Waals surface area (Å²) in [5.74, 6) is 1.71. The van der Waals surface area contributed by atoms with Crippen LogP contribution in [0, 0.1) is 0 Å². The molecule has 1 aliphatic rings. The largest absolute Gasteiger partial charge is 0.497 e. The fraction of sp³-hybridized carbons (Fsp3) is 0.259. The quantitative estimate of drug-likeness (QED) is 0.527. The first-order chi connectivity index (χ1) is 16.5. The van der Waals surface area contributed by atoms with E-state index >= 15 is 0 Å². The minimum atomic E-state index is -0.670. The number of methoxy groups -OCH3 is 1. The van der Waals surface area contributed by atoms with Crippen molar-refractivity contribution >= 4 is 11.8 Å². The van der Waals surface area contributed by atoms with Crippen molar-refractivity contribution < 1.29 is 23.8 Å². The molecule has 0 aliphatic carbocycles. The highest BCUT2D eigenvalue weighted by Crippen LogP contribution is 2.32. The van der Waals surface area contributed by atoms with Crippen molar-refractivity contribution in [3.8, 4) is 17.2 Å². The second-order valence-electron chi connectivity index (χ2n) is 8.11. The molecule has 1 heterocycles. The van der Waals surface area contributed by atoms with Crippen LogP contribution in [0.4, 0.5) is 0 Å². The Balaban J connectivity index is 1.53. The molecule has 1 aliphatic heterocycles. The molecule has 0 saturated heterocycles. The lowest BCUT2D eigenvalue weighted by Crippen LogP contribution is -2.49.